The minimum Gasteiger partial charge on any atom is -0.394 e. The van der Waals surface area contributed by atoms with Gasteiger partial charge in [0.05, 0.1) is 10.7 Å². The van der Waals surface area contributed by atoms with E-state index in [1.54, 1.807) is 23.1 Å². The molecule has 3 N–H and O–H groups in total. The number of thioether (sulfide) groups is 1. The number of nitrogens with one attached hydrogen (secondary N) is 1. The normalized spacial score (nSPS) is 11.5. The Kier molecular flexibility index (Phi) is 6.45. The summed E-state index contributed by atoms with van der Waals surface area (Å²) in [5.41, 5.74) is 10.4. The van der Waals surface area contributed by atoms with Gasteiger partial charge in [-0.15, -0.1) is 11.3 Å². The molecule has 6 heteroatoms. The second kappa shape index (κ2) is 8.35. The lowest BCUT2D eigenvalue weighted by atomic mass is 10.2. The highest BCUT2D eigenvalue weighted by Crippen LogP contribution is 2.36. The Labute approximate surface area is 152 Å². The van der Waals surface area contributed by atoms with E-state index in [1.807, 2.05) is 19.1 Å². The van der Waals surface area contributed by atoms with Crippen LogP contribution in [0.15, 0.2) is 34.2 Å². The molecule has 0 saturated carbocycles. The van der Waals surface area contributed by atoms with Crippen molar-refractivity contribution in [3.63, 3.8) is 0 Å². The highest BCUT2D eigenvalue weighted by molar-refractivity contribution is 8.11. The van der Waals surface area contributed by atoms with Gasteiger partial charge in [0.15, 0.2) is 5.13 Å². The van der Waals surface area contributed by atoms with Crippen LogP contribution in [0, 0.1) is 13.8 Å². The smallest absolute Gasteiger partial charge is 0.188 e. The van der Waals surface area contributed by atoms with E-state index in [2.05, 4.69) is 49.4 Å². The van der Waals surface area contributed by atoms with Crippen LogP contribution in [0.1, 0.15) is 44.1 Å². The minimum absolute atomic E-state index is 0.812. The van der Waals surface area contributed by atoms with Gasteiger partial charge in [0, 0.05) is 16.0 Å². The van der Waals surface area contributed by atoms with E-state index in [9.17, 15) is 0 Å². The van der Waals surface area contributed by atoms with Gasteiger partial charge in [-0.05, 0) is 45.7 Å². The van der Waals surface area contributed by atoms with E-state index >= 15 is 0 Å². The number of hydrogen-bond acceptors (Lipinski definition) is 6. The fourth-order valence-electron chi connectivity index (χ4n) is 2.02. The summed E-state index contributed by atoms with van der Waals surface area (Å²) in [6, 6.07) is 4.04. The van der Waals surface area contributed by atoms with Crippen LogP contribution in [0.3, 0.4) is 0 Å². The van der Waals surface area contributed by atoms with Crippen molar-refractivity contribution in [1.29, 1.82) is 0 Å². The average molecular weight is 361 g/mol. The van der Waals surface area contributed by atoms with Crippen molar-refractivity contribution in [1.82, 2.24) is 9.97 Å². The number of allylic oxidation sites excluding steroid dienone is 2. The Balaban J connectivity index is 2.20. The van der Waals surface area contributed by atoms with Gasteiger partial charge in [-0.2, -0.15) is 0 Å². The average Bonchev–Trinajstić information content (AvgIpc) is 2.97. The number of aromatic nitrogens is 2. The molecule has 0 fully saturated rings. The summed E-state index contributed by atoms with van der Waals surface area (Å²) in [7, 11) is 0. The third-order valence-corrected chi connectivity index (χ3v) is 5.38. The van der Waals surface area contributed by atoms with Gasteiger partial charge in [0.25, 0.3) is 0 Å². The topological polar surface area (TPSA) is 63.8 Å². The molecule has 0 aromatic carbocycles. The third-order valence-electron chi connectivity index (χ3n) is 3.40. The lowest BCUT2D eigenvalue weighted by Gasteiger charge is -2.07. The van der Waals surface area contributed by atoms with Crippen LogP contribution in [-0.4, -0.2) is 9.97 Å². The molecule has 0 aliphatic carbocycles. The maximum absolute atomic E-state index is 6.06. The van der Waals surface area contributed by atoms with Crippen LogP contribution in [0.5, 0.6) is 0 Å². The Morgan fingerprint density at radius 2 is 2.04 bits per heavy atom. The Morgan fingerprint density at radius 3 is 2.67 bits per heavy atom. The lowest BCUT2D eigenvalue weighted by Crippen LogP contribution is -1.97. The number of pyridine rings is 1. The molecule has 2 rings (SSSR count). The highest BCUT2D eigenvalue weighted by atomic mass is 32.2. The zero-order valence-electron chi connectivity index (χ0n) is 14.8. The lowest BCUT2D eigenvalue weighted by molar-refractivity contribution is 1.15. The Hall–Kier alpha value is -1.79. The largest absolute Gasteiger partial charge is 0.394 e. The molecule has 0 saturated heterocycles. The van der Waals surface area contributed by atoms with Crippen molar-refractivity contribution in [3.05, 3.63) is 51.1 Å². The first-order chi connectivity index (χ1) is 11.4. The van der Waals surface area contributed by atoms with Crippen LogP contribution in [0.2, 0.25) is 0 Å². The monoisotopic (exact) mass is 360 g/mol. The van der Waals surface area contributed by atoms with Gasteiger partial charge in [0.2, 0.25) is 0 Å². The maximum atomic E-state index is 6.06. The van der Waals surface area contributed by atoms with Crippen molar-refractivity contribution in [2.75, 3.05) is 5.32 Å². The number of thiazole rings is 1. The predicted molar refractivity (Wildman–Crippen MR) is 108 cm³/mol. The highest BCUT2D eigenvalue weighted by Gasteiger charge is 2.11. The molecule has 2 aromatic rings. The fourth-order valence-corrected chi connectivity index (χ4v) is 3.70. The number of nitrogens with two attached hydrogens (primary N) is 1. The summed E-state index contributed by atoms with van der Waals surface area (Å²) >= 11 is 3.14. The summed E-state index contributed by atoms with van der Waals surface area (Å²) in [6.45, 7) is 10.3. The summed E-state index contributed by atoms with van der Waals surface area (Å²) in [5.74, 6) is 0.816. The number of aryl methyl sites for hydroxylation is 2. The van der Waals surface area contributed by atoms with Crippen molar-refractivity contribution in [2.45, 2.75) is 41.0 Å². The molecule has 0 bridgehead atoms. The number of rotatable bonds is 6. The Morgan fingerprint density at radius 1 is 1.29 bits per heavy atom. The van der Waals surface area contributed by atoms with Crippen LogP contribution < -0.4 is 11.1 Å². The molecule has 24 heavy (non-hydrogen) atoms. The molecule has 0 spiro atoms. The zero-order valence-corrected chi connectivity index (χ0v) is 16.4. The first-order valence-electron chi connectivity index (χ1n) is 7.88. The van der Waals surface area contributed by atoms with E-state index in [4.69, 9.17) is 10.7 Å². The van der Waals surface area contributed by atoms with Gasteiger partial charge in [-0.3, -0.25) is 0 Å². The zero-order chi connectivity index (χ0) is 17.7. The SMILES string of the molecule is CC/C=C(\N)SC(=C(C)C)c1csc(Nc2ccc(C)c(C)n2)n1. The van der Waals surface area contributed by atoms with Gasteiger partial charge in [0.1, 0.15) is 5.82 Å². The van der Waals surface area contributed by atoms with E-state index in [0.717, 1.165) is 38.7 Å². The molecule has 2 heterocycles. The van der Waals surface area contributed by atoms with E-state index < -0.39 is 0 Å². The maximum Gasteiger partial charge on any atom is 0.188 e. The summed E-state index contributed by atoms with van der Waals surface area (Å²) in [4.78, 5) is 10.3. The summed E-state index contributed by atoms with van der Waals surface area (Å²) in [6.07, 6.45) is 2.95. The minimum atomic E-state index is 0.812. The number of anilines is 2. The molecular weight excluding hydrogens is 336 g/mol. The van der Waals surface area contributed by atoms with Crippen LogP contribution in [0.25, 0.3) is 4.91 Å². The van der Waals surface area contributed by atoms with Gasteiger partial charge >= 0.3 is 0 Å². The quantitative estimate of drug-likeness (QED) is 0.703. The molecule has 0 unspecified atom stereocenters. The summed E-state index contributed by atoms with van der Waals surface area (Å²) < 4.78 is 0. The van der Waals surface area contributed by atoms with E-state index in [-0.39, 0.29) is 0 Å². The molecule has 2 aromatic heterocycles. The van der Waals surface area contributed by atoms with Crippen LogP contribution in [-0.2, 0) is 0 Å². The Bertz CT molecular complexity index is 771. The standard InChI is InChI=1S/C18H24N4S2/c1-6-7-15(19)24-17(11(2)3)14-10-23-18(21-14)22-16-9-8-12(4)13(5)20-16/h7-10H,6,19H2,1-5H3,(H,20,21,22)/b15-7+. The second-order valence-corrected chi connectivity index (χ2v) is 7.65. The van der Waals surface area contributed by atoms with Crippen LogP contribution in [0.4, 0.5) is 10.9 Å². The number of nitrogens with zero attached hydrogens (tertiary/aromatic N) is 2. The first kappa shape index (κ1) is 18.5. The molecule has 4 nitrogen and oxygen atoms in total. The van der Waals surface area contributed by atoms with E-state index in [1.165, 1.54) is 11.1 Å². The molecular formula is C18H24N4S2. The summed E-state index contributed by atoms with van der Waals surface area (Å²) in [5, 5.41) is 6.98. The molecule has 0 atom stereocenters. The van der Waals surface area contributed by atoms with Crippen molar-refractivity contribution in [2.24, 2.45) is 5.73 Å². The van der Waals surface area contributed by atoms with Gasteiger partial charge in [-0.25, -0.2) is 9.97 Å². The fraction of sp³-hybridized carbons (Fsp3) is 0.333. The molecule has 0 amide bonds. The predicted octanol–water partition coefficient (Wildman–Crippen LogP) is 5.59. The van der Waals surface area contributed by atoms with Crippen molar-refractivity contribution in [3.8, 4) is 0 Å². The molecule has 0 aliphatic heterocycles. The van der Waals surface area contributed by atoms with Crippen molar-refractivity contribution < 1.29 is 0 Å². The van der Waals surface area contributed by atoms with E-state index in [0.29, 0.717) is 0 Å². The molecule has 0 radical (unpaired) electrons. The van der Waals surface area contributed by atoms with Gasteiger partial charge < -0.3 is 11.1 Å². The van der Waals surface area contributed by atoms with Gasteiger partial charge in [-0.1, -0.05) is 36.4 Å². The van der Waals surface area contributed by atoms with Crippen molar-refractivity contribution >= 4 is 39.0 Å². The molecule has 0 aliphatic rings. The molecule has 128 valence electrons. The van der Waals surface area contributed by atoms with Crippen LogP contribution >= 0.6 is 23.1 Å². The second-order valence-electron chi connectivity index (χ2n) is 5.71. The first-order valence-corrected chi connectivity index (χ1v) is 9.58. The third kappa shape index (κ3) is 4.85. The number of hydrogen-bond donors (Lipinski definition) is 2.